The Morgan fingerprint density at radius 1 is 1.24 bits per heavy atom. The normalized spacial score (nSPS) is 17.5. The van der Waals surface area contributed by atoms with E-state index in [0.29, 0.717) is 44.8 Å². The molecule has 1 unspecified atom stereocenters. The number of hydrogen-bond acceptors (Lipinski definition) is 3. The van der Waals surface area contributed by atoms with Gasteiger partial charge in [0.2, 0.25) is 0 Å². The predicted molar refractivity (Wildman–Crippen MR) is 80.1 cm³/mol. The van der Waals surface area contributed by atoms with Gasteiger partial charge in [0.1, 0.15) is 0 Å². The van der Waals surface area contributed by atoms with Crippen LogP contribution in [0.4, 0.5) is 4.79 Å². The fraction of sp³-hybridized carbons (Fsp3) is 0.867. The Morgan fingerprint density at radius 2 is 1.90 bits per heavy atom. The highest BCUT2D eigenvalue weighted by atomic mass is 16.4. The molecule has 0 spiro atoms. The van der Waals surface area contributed by atoms with Crippen LogP contribution in [0, 0.1) is 5.92 Å². The van der Waals surface area contributed by atoms with E-state index >= 15 is 0 Å². The van der Waals surface area contributed by atoms with Gasteiger partial charge < -0.3 is 20.4 Å². The van der Waals surface area contributed by atoms with E-state index in [0.717, 1.165) is 19.3 Å². The van der Waals surface area contributed by atoms with Crippen LogP contribution in [0.2, 0.25) is 0 Å². The summed E-state index contributed by atoms with van der Waals surface area (Å²) in [4.78, 5) is 24.3. The maximum Gasteiger partial charge on any atom is 0.317 e. The van der Waals surface area contributed by atoms with Crippen molar-refractivity contribution in [3.8, 4) is 0 Å². The van der Waals surface area contributed by atoms with Gasteiger partial charge in [-0.15, -0.1) is 0 Å². The molecule has 3 N–H and O–H groups in total. The summed E-state index contributed by atoms with van der Waals surface area (Å²) in [5, 5.41) is 21.1. The lowest BCUT2D eigenvalue weighted by molar-refractivity contribution is -0.137. The van der Waals surface area contributed by atoms with Crippen molar-refractivity contribution in [2.45, 2.75) is 58.0 Å². The number of urea groups is 1. The highest BCUT2D eigenvalue weighted by Gasteiger charge is 2.21. The van der Waals surface area contributed by atoms with Crippen LogP contribution in [0.5, 0.6) is 0 Å². The van der Waals surface area contributed by atoms with Gasteiger partial charge in [-0.3, -0.25) is 4.79 Å². The summed E-state index contributed by atoms with van der Waals surface area (Å²) in [6.07, 6.45) is 4.73. The fourth-order valence-corrected chi connectivity index (χ4v) is 2.73. The Hall–Kier alpha value is -1.30. The minimum Gasteiger partial charge on any atom is -0.481 e. The number of hydrogen-bond donors (Lipinski definition) is 3. The second-order valence-corrected chi connectivity index (χ2v) is 5.83. The van der Waals surface area contributed by atoms with Crippen LogP contribution in [0.25, 0.3) is 0 Å². The van der Waals surface area contributed by atoms with Crippen molar-refractivity contribution in [3.05, 3.63) is 0 Å². The summed E-state index contributed by atoms with van der Waals surface area (Å²) in [7, 11) is 0. The van der Waals surface area contributed by atoms with E-state index in [-0.39, 0.29) is 18.6 Å². The van der Waals surface area contributed by atoms with Crippen molar-refractivity contribution in [3.63, 3.8) is 0 Å². The van der Waals surface area contributed by atoms with Crippen LogP contribution in [0.15, 0.2) is 0 Å². The number of carboxylic acids is 1. The standard InChI is InChI=1S/C15H28N2O4/c1-2-3-12(4-5-14(19)20)6-9-16-15(21)17-10-7-13(18)8-11-17/h12-13,18H,2-11H2,1H3,(H,16,21)(H,19,20). The van der Waals surface area contributed by atoms with Gasteiger partial charge in [-0.1, -0.05) is 19.8 Å². The summed E-state index contributed by atoms with van der Waals surface area (Å²) in [6, 6.07) is -0.0737. The monoisotopic (exact) mass is 300 g/mol. The molecule has 6 nitrogen and oxygen atoms in total. The molecule has 0 radical (unpaired) electrons. The maximum absolute atomic E-state index is 11.9. The van der Waals surface area contributed by atoms with Crippen LogP contribution in [-0.2, 0) is 4.79 Å². The minimum atomic E-state index is -0.757. The van der Waals surface area contributed by atoms with Crippen LogP contribution in [-0.4, -0.2) is 52.9 Å². The molecule has 0 saturated carbocycles. The molecular formula is C15H28N2O4. The number of carbonyl (C=O) groups is 2. The molecule has 6 heteroatoms. The minimum absolute atomic E-state index is 0.0737. The van der Waals surface area contributed by atoms with Crippen molar-refractivity contribution in [2.24, 2.45) is 5.92 Å². The molecule has 2 amide bonds. The lowest BCUT2D eigenvalue weighted by Crippen LogP contribution is -2.45. The SMILES string of the molecule is CCCC(CCNC(=O)N1CCC(O)CC1)CCC(=O)O. The molecule has 1 aliphatic heterocycles. The Labute approximate surface area is 126 Å². The predicted octanol–water partition coefficient (Wildman–Crippen LogP) is 1.82. The summed E-state index contributed by atoms with van der Waals surface area (Å²) >= 11 is 0. The van der Waals surface area contributed by atoms with Gasteiger partial charge in [0, 0.05) is 26.1 Å². The number of amides is 2. The number of carboxylic acid groups (broad SMARTS) is 1. The highest BCUT2D eigenvalue weighted by molar-refractivity contribution is 5.74. The third kappa shape index (κ3) is 7.32. The number of carbonyl (C=O) groups excluding carboxylic acids is 1. The Balaban J connectivity index is 2.22. The van der Waals surface area contributed by atoms with E-state index in [1.165, 1.54) is 0 Å². The van der Waals surface area contributed by atoms with Gasteiger partial charge in [-0.25, -0.2) is 4.79 Å². The molecule has 122 valence electrons. The van der Waals surface area contributed by atoms with E-state index in [2.05, 4.69) is 12.2 Å². The molecule has 21 heavy (non-hydrogen) atoms. The van der Waals surface area contributed by atoms with Crippen molar-refractivity contribution in [2.75, 3.05) is 19.6 Å². The molecule has 1 atom stereocenters. The topological polar surface area (TPSA) is 89.9 Å². The van der Waals surface area contributed by atoms with Gasteiger partial charge in [-0.2, -0.15) is 0 Å². The lowest BCUT2D eigenvalue weighted by Gasteiger charge is -2.29. The largest absolute Gasteiger partial charge is 0.481 e. The van der Waals surface area contributed by atoms with E-state index in [4.69, 9.17) is 5.11 Å². The molecule has 0 bridgehead atoms. The van der Waals surface area contributed by atoms with Crippen molar-refractivity contribution in [1.29, 1.82) is 0 Å². The molecule has 1 fully saturated rings. The zero-order valence-electron chi connectivity index (χ0n) is 12.9. The van der Waals surface area contributed by atoms with Gasteiger partial charge >= 0.3 is 12.0 Å². The summed E-state index contributed by atoms with van der Waals surface area (Å²) < 4.78 is 0. The second kappa shape index (κ2) is 9.60. The van der Waals surface area contributed by atoms with Crippen LogP contribution < -0.4 is 5.32 Å². The Bertz CT molecular complexity index is 328. The highest BCUT2D eigenvalue weighted by Crippen LogP contribution is 2.17. The number of aliphatic hydroxyl groups is 1. The number of aliphatic hydroxyl groups excluding tert-OH is 1. The third-order valence-electron chi connectivity index (χ3n) is 4.04. The second-order valence-electron chi connectivity index (χ2n) is 5.83. The molecule has 0 aromatic rings. The fourth-order valence-electron chi connectivity index (χ4n) is 2.73. The van der Waals surface area contributed by atoms with Crippen molar-refractivity contribution in [1.82, 2.24) is 10.2 Å². The number of piperidine rings is 1. The molecule has 1 rings (SSSR count). The first-order valence-corrected chi connectivity index (χ1v) is 7.95. The number of nitrogens with one attached hydrogen (secondary N) is 1. The summed E-state index contributed by atoms with van der Waals surface area (Å²) in [5.41, 5.74) is 0. The average molecular weight is 300 g/mol. The molecule has 0 aliphatic carbocycles. The summed E-state index contributed by atoms with van der Waals surface area (Å²) in [5.74, 6) is -0.401. The van der Waals surface area contributed by atoms with Gasteiger partial charge in [0.05, 0.1) is 6.10 Å². The number of aliphatic carboxylic acids is 1. The van der Waals surface area contributed by atoms with Crippen LogP contribution in [0.1, 0.15) is 51.9 Å². The van der Waals surface area contributed by atoms with Crippen molar-refractivity contribution < 1.29 is 19.8 Å². The molecule has 1 saturated heterocycles. The van der Waals surface area contributed by atoms with E-state index in [1.54, 1.807) is 4.90 Å². The molecular weight excluding hydrogens is 272 g/mol. The number of rotatable bonds is 8. The van der Waals surface area contributed by atoms with E-state index in [1.807, 2.05) is 0 Å². The first-order valence-electron chi connectivity index (χ1n) is 7.95. The average Bonchev–Trinajstić information content (AvgIpc) is 2.45. The third-order valence-corrected chi connectivity index (χ3v) is 4.04. The summed E-state index contributed by atoms with van der Waals surface area (Å²) in [6.45, 7) is 3.88. The zero-order valence-corrected chi connectivity index (χ0v) is 12.9. The van der Waals surface area contributed by atoms with Gasteiger partial charge in [0.25, 0.3) is 0 Å². The molecule has 1 heterocycles. The quantitative estimate of drug-likeness (QED) is 0.638. The maximum atomic E-state index is 11.9. The van der Waals surface area contributed by atoms with E-state index < -0.39 is 5.97 Å². The van der Waals surface area contributed by atoms with Crippen molar-refractivity contribution >= 4 is 12.0 Å². The Morgan fingerprint density at radius 3 is 2.48 bits per heavy atom. The first kappa shape index (κ1) is 17.8. The molecule has 1 aliphatic rings. The zero-order chi connectivity index (χ0) is 15.7. The van der Waals surface area contributed by atoms with Crippen LogP contribution in [0.3, 0.4) is 0 Å². The van der Waals surface area contributed by atoms with Gasteiger partial charge in [0.15, 0.2) is 0 Å². The number of likely N-dealkylation sites (tertiary alicyclic amines) is 1. The lowest BCUT2D eigenvalue weighted by atomic mass is 9.94. The smallest absolute Gasteiger partial charge is 0.317 e. The van der Waals surface area contributed by atoms with Crippen LogP contribution >= 0.6 is 0 Å². The number of nitrogens with zero attached hydrogens (tertiary/aromatic N) is 1. The van der Waals surface area contributed by atoms with Gasteiger partial charge in [-0.05, 0) is 31.6 Å². The molecule has 0 aromatic heterocycles. The van der Waals surface area contributed by atoms with E-state index in [9.17, 15) is 14.7 Å². The Kier molecular flexibility index (Phi) is 8.12. The first-order chi connectivity index (χ1) is 10.0. The molecule has 0 aromatic carbocycles.